The van der Waals surface area contributed by atoms with Crippen LogP contribution in [0.2, 0.25) is 0 Å². The molecule has 2 amide bonds. The van der Waals surface area contributed by atoms with Crippen LogP contribution in [0.1, 0.15) is 18.9 Å². The molecule has 0 atom stereocenters. The maximum absolute atomic E-state index is 11.5. The lowest BCUT2D eigenvalue weighted by Gasteiger charge is -2.06. The van der Waals surface area contributed by atoms with Crippen molar-refractivity contribution in [1.82, 2.24) is 10.6 Å². The van der Waals surface area contributed by atoms with Gasteiger partial charge in [0.05, 0.1) is 6.61 Å². The van der Waals surface area contributed by atoms with Gasteiger partial charge in [-0.25, -0.2) is 4.79 Å². The summed E-state index contributed by atoms with van der Waals surface area (Å²) < 4.78 is 4.68. The van der Waals surface area contributed by atoms with Crippen LogP contribution in [0.5, 0.6) is 0 Å². The highest BCUT2D eigenvalue weighted by Crippen LogP contribution is 1.98. The van der Waals surface area contributed by atoms with Crippen molar-refractivity contribution in [1.29, 1.82) is 0 Å². The Hall–Kier alpha value is -2.04. The molecule has 1 aromatic carbocycles. The van der Waals surface area contributed by atoms with E-state index >= 15 is 0 Å². The SMILES string of the molecule is CCOC(=O)NCCC(=O)NCCc1ccccc1. The van der Waals surface area contributed by atoms with Crippen LogP contribution in [0, 0.1) is 0 Å². The van der Waals surface area contributed by atoms with E-state index in [4.69, 9.17) is 0 Å². The standard InChI is InChI=1S/C14H20N2O3/c1-2-19-14(18)16-11-9-13(17)15-10-8-12-6-4-3-5-7-12/h3-7H,2,8-11H2,1H3,(H,15,17)(H,16,18). The molecule has 1 rings (SSSR count). The topological polar surface area (TPSA) is 67.4 Å². The maximum atomic E-state index is 11.5. The fourth-order valence-corrected chi connectivity index (χ4v) is 1.54. The van der Waals surface area contributed by atoms with E-state index in [1.54, 1.807) is 6.92 Å². The summed E-state index contributed by atoms with van der Waals surface area (Å²) in [6.07, 6.45) is 0.575. The van der Waals surface area contributed by atoms with Crippen molar-refractivity contribution in [2.75, 3.05) is 19.7 Å². The average molecular weight is 264 g/mol. The first-order valence-corrected chi connectivity index (χ1v) is 6.43. The van der Waals surface area contributed by atoms with Crippen molar-refractivity contribution in [3.05, 3.63) is 35.9 Å². The molecule has 0 aliphatic carbocycles. The predicted octanol–water partition coefficient (Wildman–Crippen LogP) is 1.48. The number of amides is 2. The van der Waals surface area contributed by atoms with E-state index in [1.807, 2.05) is 30.3 Å². The molecule has 0 fully saturated rings. The first-order chi connectivity index (χ1) is 9.22. The first kappa shape index (κ1) is 15.0. The zero-order chi connectivity index (χ0) is 13.9. The van der Waals surface area contributed by atoms with Crippen molar-refractivity contribution in [3.8, 4) is 0 Å². The van der Waals surface area contributed by atoms with Crippen LogP contribution >= 0.6 is 0 Å². The number of carbonyl (C=O) groups is 2. The molecule has 0 unspecified atom stereocenters. The summed E-state index contributed by atoms with van der Waals surface area (Å²) in [5.74, 6) is -0.0762. The monoisotopic (exact) mass is 264 g/mol. The van der Waals surface area contributed by atoms with Crippen LogP contribution in [-0.2, 0) is 16.0 Å². The van der Waals surface area contributed by atoms with Crippen molar-refractivity contribution in [2.45, 2.75) is 19.8 Å². The van der Waals surface area contributed by atoms with Crippen LogP contribution in [-0.4, -0.2) is 31.7 Å². The molecular formula is C14H20N2O3. The molecule has 1 aromatic rings. The van der Waals surface area contributed by atoms with Crippen molar-refractivity contribution in [3.63, 3.8) is 0 Å². The molecule has 0 radical (unpaired) electrons. The number of hydrogen-bond acceptors (Lipinski definition) is 3. The third-order valence-electron chi connectivity index (χ3n) is 2.48. The van der Waals surface area contributed by atoms with Gasteiger partial charge in [-0.3, -0.25) is 4.79 Å². The second-order valence-corrected chi connectivity index (χ2v) is 3.98. The normalized spacial score (nSPS) is 9.74. The van der Waals surface area contributed by atoms with E-state index in [1.165, 1.54) is 5.56 Å². The van der Waals surface area contributed by atoms with Gasteiger partial charge in [0.2, 0.25) is 5.91 Å². The number of ether oxygens (including phenoxy) is 1. The average Bonchev–Trinajstić information content (AvgIpc) is 2.40. The minimum absolute atomic E-state index is 0.0762. The van der Waals surface area contributed by atoms with Gasteiger partial charge in [-0.1, -0.05) is 30.3 Å². The molecule has 5 nitrogen and oxygen atoms in total. The fourth-order valence-electron chi connectivity index (χ4n) is 1.54. The lowest BCUT2D eigenvalue weighted by Crippen LogP contribution is -2.31. The third kappa shape index (κ3) is 7.08. The van der Waals surface area contributed by atoms with E-state index in [-0.39, 0.29) is 18.9 Å². The molecule has 0 heterocycles. The summed E-state index contributed by atoms with van der Waals surface area (Å²) in [6.45, 7) is 2.95. The quantitative estimate of drug-likeness (QED) is 0.784. The van der Waals surface area contributed by atoms with Gasteiger partial charge >= 0.3 is 6.09 Å². The second-order valence-electron chi connectivity index (χ2n) is 3.98. The largest absolute Gasteiger partial charge is 0.450 e. The minimum Gasteiger partial charge on any atom is -0.450 e. The molecule has 0 aliphatic rings. The first-order valence-electron chi connectivity index (χ1n) is 6.43. The smallest absolute Gasteiger partial charge is 0.407 e. The third-order valence-corrected chi connectivity index (χ3v) is 2.48. The van der Waals surface area contributed by atoms with Crippen LogP contribution < -0.4 is 10.6 Å². The minimum atomic E-state index is -0.486. The Morgan fingerprint density at radius 2 is 1.84 bits per heavy atom. The molecular weight excluding hydrogens is 244 g/mol. The van der Waals surface area contributed by atoms with Gasteiger partial charge in [-0.15, -0.1) is 0 Å². The highest BCUT2D eigenvalue weighted by molar-refractivity contribution is 5.76. The summed E-state index contributed by atoms with van der Waals surface area (Å²) in [6, 6.07) is 9.95. The van der Waals surface area contributed by atoms with E-state index in [9.17, 15) is 9.59 Å². The van der Waals surface area contributed by atoms with Gasteiger partial charge in [0.15, 0.2) is 0 Å². The van der Waals surface area contributed by atoms with E-state index in [0.717, 1.165) is 6.42 Å². The predicted molar refractivity (Wildman–Crippen MR) is 72.8 cm³/mol. The van der Waals surface area contributed by atoms with Crippen molar-refractivity contribution >= 4 is 12.0 Å². The van der Waals surface area contributed by atoms with Crippen LogP contribution in [0.15, 0.2) is 30.3 Å². The molecule has 0 aromatic heterocycles. The molecule has 0 spiro atoms. The molecule has 0 saturated heterocycles. The van der Waals surface area contributed by atoms with Gasteiger partial charge in [-0.05, 0) is 18.9 Å². The molecule has 19 heavy (non-hydrogen) atoms. The lowest BCUT2D eigenvalue weighted by atomic mass is 10.1. The zero-order valence-corrected chi connectivity index (χ0v) is 11.1. The van der Waals surface area contributed by atoms with Gasteiger partial charge in [-0.2, -0.15) is 0 Å². The Labute approximate surface area is 113 Å². The van der Waals surface area contributed by atoms with Gasteiger partial charge < -0.3 is 15.4 Å². The van der Waals surface area contributed by atoms with Crippen LogP contribution in [0.3, 0.4) is 0 Å². The van der Waals surface area contributed by atoms with Gasteiger partial charge in [0.1, 0.15) is 0 Å². The highest BCUT2D eigenvalue weighted by atomic mass is 16.5. The fraction of sp³-hybridized carbons (Fsp3) is 0.429. The van der Waals surface area contributed by atoms with E-state index in [2.05, 4.69) is 15.4 Å². The van der Waals surface area contributed by atoms with E-state index < -0.39 is 6.09 Å². The molecule has 5 heteroatoms. The second kappa shape index (κ2) is 8.97. The molecule has 104 valence electrons. The maximum Gasteiger partial charge on any atom is 0.407 e. The number of nitrogens with one attached hydrogen (secondary N) is 2. The van der Waals surface area contributed by atoms with Crippen molar-refractivity contribution < 1.29 is 14.3 Å². The summed E-state index contributed by atoms with van der Waals surface area (Å²) in [5.41, 5.74) is 1.19. The summed E-state index contributed by atoms with van der Waals surface area (Å²) in [7, 11) is 0. The summed E-state index contributed by atoms with van der Waals surface area (Å²) >= 11 is 0. The Kier molecular flexibility index (Phi) is 7.09. The molecule has 0 saturated carbocycles. The van der Waals surface area contributed by atoms with Gasteiger partial charge in [0.25, 0.3) is 0 Å². The van der Waals surface area contributed by atoms with Crippen LogP contribution in [0.25, 0.3) is 0 Å². The zero-order valence-electron chi connectivity index (χ0n) is 11.1. The summed E-state index contributed by atoms with van der Waals surface area (Å²) in [5, 5.41) is 5.31. The van der Waals surface area contributed by atoms with Crippen LogP contribution in [0.4, 0.5) is 4.79 Å². The lowest BCUT2D eigenvalue weighted by molar-refractivity contribution is -0.120. The number of carbonyl (C=O) groups excluding carboxylic acids is 2. The molecule has 2 N–H and O–H groups in total. The number of hydrogen-bond donors (Lipinski definition) is 2. The highest BCUT2D eigenvalue weighted by Gasteiger charge is 2.03. The molecule has 0 aliphatic heterocycles. The molecule has 0 bridgehead atoms. The Balaban J connectivity index is 2.07. The number of rotatable bonds is 7. The number of alkyl carbamates (subject to hydrolysis) is 1. The Morgan fingerprint density at radius 3 is 2.53 bits per heavy atom. The Morgan fingerprint density at radius 1 is 1.11 bits per heavy atom. The number of benzene rings is 1. The Bertz CT molecular complexity index is 393. The van der Waals surface area contributed by atoms with E-state index in [0.29, 0.717) is 13.2 Å². The summed E-state index contributed by atoms with van der Waals surface area (Å²) in [4.78, 5) is 22.4. The van der Waals surface area contributed by atoms with Crippen molar-refractivity contribution in [2.24, 2.45) is 0 Å². The van der Waals surface area contributed by atoms with Gasteiger partial charge in [0, 0.05) is 19.5 Å².